The highest BCUT2D eigenvalue weighted by molar-refractivity contribution is 7.22. The molecule has 0 unspecified atom stereocenters. The van der Waals surface area contributed by atoms with Crippen molar-refractivity contribution in [3.05, 3.63) is 36.9 Å². The quantitative estimate of drug-likeness (QED) is 0.726. The maximum atomic E-state index is 5.56. The highest BCUT2D eigenvalue weighted by Crippen LogP contribution is 2.34. The normalized spacial score (nSPS) is 15.2. The molecule has 0 bridgehead atoms. The smallest absolute Gasteiger partial charge is 0.186 e. The second-order valence-electron chi connectivity index (χ2n) is 5.59. The summed E-state index contributed by atoms with van der Waals surface area (Å²) in [5.74, 6) is 1.60. The Balaban J connectivity index is 1.44. The fraction of sp³-hybridized carbons (Fsp3) is 0.375. The van der Waals surface area contributed by atoms with Crippen LogP contribution in [0.2, 0.25) is 0 Å². The molecule has 2 aromatic heterocycles. The van der Waals surface area contributed by atoms with Crippen LogP contribution in [0, 0.1) is 5.92 Å². The van der Waals surface area contributed by atoms with Gasteiger partial charge in [-0.25, -0.2) is 9.97 Å². The van der Waals surface area contributed by atoms with Gasteiger partial charge in [-0.1, -0.05) is 11.3 Å². The minimum absolute atomic E-state index is 0.681. The number of anilines is 1. The molecule has 6 heteroatoms. The molecule has 1 aliphatic heterocycles. The van der Waals surface area contributed by atoms with Crippen molar-refractivity contribution in [3.8, 4) is 5.75 Å². The van der Waals surface area contributed by atoms with Gasteiger partial charge in [0, 0.05) is 37.9 Å². The zero-order valence-electron chi connectivity index (χ0n) is 12.5. The van der Waals surface area contributed by atoms with Crippen molar-refractivity contribution in [2.45, 2.75) is 13.5 Å². The van der Waals surface area contributed by atoms with Crippen LogP contribution in [0.15, 0.2) is 36.9 Å². The van der Waals surface area contributed by atoms with E-state index in [9.17, 15) is 0 Å². The third kappa shape index (κ3) is 2.54. The van der Waals surface area contributed by atoms with Crippen LogP contribution in [0.5, 0.6) is 5.75 Å². The molecular weight excluding hydrogens is 296 g/mol. The van der Waals surface area contributed by atoms with Crippen LogP contribution in [0.4, 0.5) is 5.13 Å². The standard InChI is InChI=1S/C16H18N4OS/c1-2-21-13-3-4-14-15(7-13)22-16(18-14)20-9-12(10-20)8-19-6-5-17-11-19/h3-7,11-12H,2,8-10H2,1H3. The Hall–Kier alpha value is -2.08. The predicted octanol–water partition coefficient (Wildman–Crippen LogP) is 3.03. The number of benzene rings is 1. The molecule has 3 heterocycles. The van der Waals surface area contributed by atoms with Gasteiger partial charge in [-0.15, -0.1) is 0 Å². The topological polar surface area (TPSA) is 43.2 Å². The van der Waals surface area contributed by atoms with Crippen LogP contribution >= 0.6 is 11.3 Å². The lowest BCUT2D eigenvalue weighted by molar-refractivity contribution is 0.341. The minimum Gasteiger partial charge on any atom is -0.494 e. The Bertz CT molecular complexity index is 762. The molecule has 0 radical (unpaired) electrons. The first-order valence-corrected chi connectivity index (χ1v) is 8.37. The van der Waals surface area contributed by atoms with E-state index in [1.54, 1.807) is 11.3 Å². The van der Waals surface area contributed by atoms with Gasteiger partial charge >= 0.3 is 0 Å². The Labute approximate surface area is 133 Å². The van der Waals surface area contributed by atoms with Crippen LogP contribution in [0.25, 0.3) is 10.2 Å². The number of nitrogens with zero attached hydrogens (tertiary/aromatic N) is 4. The number of ether oxygens (including phenoxy) is 1. The molecular formula is C16H18N4OS. The molecule has 5 nitrogen and oxygen atoms in total. The van der Waals surface area contributed by atoms with E-state index in [-0.39, 0.29) is 0 Å². The van der Waals surface area contributed by atoms with E-state index < -0.39 is 0 Å². The van der Waals surface area contributed by atoms with Gasteiger partial charge in [0.1, 0.15) is 5.75 Å². The van der Waals surface area contributed by atoms with Gasteiger partial charge in [0.2, 0.25) is 0 Å². The van der Waals surface area contributed by atoms with Crippen molar-refractivity contribution >= 4 is 26.7 Å². The van der Waals surface area contributed by atoms with Crippen LogP contribution in [-0.4, -0.2) is 34.2 Å². The lowest BCUT2D eigenvalue weighted by atomic mass is 10.0. The minimum atomic E-state index is 0.681. The van der Waals surface area contributed by atoms with Gasteiger partial charge in [-0.2, -0.15) is 0 Å². The van der Waals surface area contributed by atoms with E-state index in [4.69, 9.17) is 9.72 Å². The van der Waals surface area contributed by atoms with E-state index in [1.807, 2.05) is 37.8 Å². The molecule has 1 fully saturated rings. The van der Waals surface area contributed by atoms with Gasteiger partial charge in [-0.05, 0) is 25.1 Å². The van der Waals surface area contributed by atoms with Gasteiger partial charge < -0.3 is 14.2 Å². The first kappa shape index (κ1) is 13.6. The molecule has 0 aliphatic carbocycles. The summed E-state index contributed by atoms with van der Waals surface area (Å²) >= 11 is 1.75. The largest absolute Gasteiger partial charge is 0.494 e. The number of hydrogen-bond donors (Lipinski definition) is 0. The third-order valence-electron chi connectivity index (χ3n) is 3.92. The first-order chi connectivity index (χ1) is 10.8. The molecule has 1 aromatic carbocycles. The Morgan fingerprint density at radius 3 is 3.05 bits per heavy atom. The number of aromatic nitrogens is 3. The van der Waals surface area contributed by atoms with Gasteiger partial charge in [-0.3, -0.25) is 0 Å². The number of fused-ring (bicyclic) bond motifs is 1. The SMILES string of the molecule is CCOc1ccc2nc(N3CC(Cn4ccnc4)C3)sc2c1. The summed E-state index contributed by atoms with van der Waals surface area (Å²) in [6.07, 6.45) is 5.74. The van der Waals surface area contributed by atoms with Gasteiger partial charge in [0.15, 0.2) is 5.13 Å². The summed E-state index contributed by atoms with van der Waals surface area (Å²) in [5, 5.41) is 1.12. The summed E-state index contributed by atoms with van der Waals surface area (Å²) < 4.78 is 8.90. The molecule has 0 N–H and O–H groups in total. The first-order valence-electron chi connectivity index (χ1n) is 7.56. The third-order valence-corrected chi connectivity index (χ3v) is 4.99. The number of hydrogen-bond acceptors (Lipinski definition) is 5. The van der Waals surface area contributed by atoms with E-state index in [2.05, 4.69) is 20.5 Å². The van der Waals surface area contributed by atoms with E-state index in [0.717, 1.165) is 36.0 Å². The zero-order chi connectivity index (χ0) is 14.9. The average molecular weight is 314 g/mol. The summed E-state index contributed by atoms with van der Waals surface area (Å²) in [6, 6.07) is 6.12. The van der Waals surface area contributed by atoms with E-state index >= 15 is 0 Å². The fourth-order valence-electron chi connectivity index (χ4n) is 2.82. The second-order valence-corrected chi connectivity index (χ2v) is 6.60. The van der Waals surface area contributed by atoms with Crippen molar-refractivity contribution < 1.29 is 4.74 Å². The fourth-order valence-corrected chi connectivity index (χ4v) is 3.83. The Kier molecular flexibility index (Phi) is 3.46. The molecule has 114 valence electrons. The van der Waals surface area contributed by atoms with Gasteiger partial charge in [0.05, 0.1) is 23.2 Å². The predicted molar refractivity (Wildman–Crippen MR) is 88.7 cm³/mol. The van der Waals surface area contributed by atoms with Crippen LogP contribution in [0.1, 0.15) is 6.92 Å². The molecule has 0 atom stereocenters. The molecule has 0 saturated carbocycles. The molecule has 3 aromatic rings. The second kappa shape index (κ2) is 5.61. The highest BCUT2D eigenvalue weighted by Gasteiger charge is 2.29. The number of thiazole rings is 1. The summed E-state index contributed by atoms with van der Waals surface area (Å²) in [7, 11) is 0. The molecule has 0 spiro atoms. The lowest BCUT2D eigenvalue weighted by Gasteiger charge is -2.39. The van der Waals surface area contributed by atoms with E-state index in [1.165, 1.54) is 4.70 Å². The summed E-state index contributed by atoms with van der Waals surface area (Å²) in [6.45, 7) is 5.87. The molecule has 22 heavy (non-hydrogen) atoms. The van der Waals surface area contributed by atoms with Crippen LogP contribution < -0.4 is 9.64 Å². The Morgan fingerprint density at radius 1 is 1.36 bits per heavy atom. The van der Waals surface area contributed by atoms with Crippen LogP contribution in [0.3, 0.4) is 0 Å². The monoisotopic (exact) mass is 314 g/mol. The van der Waals surface area contributed by atoms with Crippen molar-refractivity contribution in [2.24, 2.45) is 5.92 Å². The average Bonchev–Trinajstić information content (AvgIpc) is 3.11. The zero-order valence-corrected chi connectivity index (χ0v) is 13.3. The van der Waals surface area contributed by atoms with Crippen molar-refractivity contribution in [1.29, 1.82) is 0 Å². The van der Waals surface area contributed by atoms with Gasteiger partial charge in [0.25, 0.3) is 0 Å². The van der Waals surface area contributed by atoms with Crippen molar-refractivity contribution in [3.63, 3.8) is 0 Å². The summed E-state index contributed by atoms with van der Waals surface area (Å²) in [4.78, 5) is 11.2. The maximum Gasteiger partial charge on any atom is 0.186 e. The van der Waals surface area contributed by atoms with Crippen molar-refractivity contribution in [2.75, 3.05) is 24.6 Å². The molecule has 0 amide bonds. The van der Waals surface area contributed by atoms with E-state index in [0.29, 0.717) is 12.5 Å². The summed E-state index contributed by atoms with van der Waals surface area (Å²) in [5.41, 5.74) is 1.06. The lowest BCUT2D eigenvalue weighted by Crippen LogP contribution is -2.48. The number of imidazole rings is 1. The molecule has 4 rings (SSSR count). The number of rotatable bonds is 5. The van der Waals surface area contributed by atoms with Crippen molar-refractivity contribution in [1.82, 2.24) is 14.5 Å². The molecule has 1 saturated heterocycles. The van der Waals surface area contributed by atoms with Crippen LogP contribution in [-0.2, 0) is 6.54 Å². The molecule has 1 aliphatic rings. The highest BCUT2D eigenvalue weighted by atomic mass is 32.1. The Morgan fingerprint density at radius 2 is 2.27 bits per heavy atom. The maximum absolute atomic E-state index is 5.56.